The third-order valence-electron chi connectivity index (χ3n) is 3.47. The first-order valence-electron chi connectivity index (χ1n) is 7.51. The summed E-state index contributed by atoms with van der Waals surface area (Å²) in [5.74, 6) is 0.861. The second kappa shape index (κ2) is 7.90. The third-order valence-corrected chi connectivity index (χ3v) is 3.47. The number of benzene rings is 1. The molecule has 20 heavy (non-hydrogen) atoms. The molecule has 2 rings (SSSR count). The Labute approximate surface area is 121 Å². The van der Waals surface area contributed by atoms with Crippen LogP contribution in [0.2, 0.25) is 0 Å². The summed E-state index contributed by atoms with van der Waals surface area (Å²) in [6.07, 6.45) is 2.57. The van der Waals surface area contributed by atoms with Gasteiger partial charge in [0.2, 0.25) is 0 Å². The summed E-state index contributed by atoms with van der Waals surface area (Å²) >= 11 is 0. The summed E-state index contributed by atoms with van der Waals surface area (Å²) < 4.78 is 5.61. The SMILES string of the molecule is CCNC(=NCC1CCCO1)NC(C)c1ccccc1. The van der Waals surface area contributed by atoms with Gasteiger partial charge in [0, 0.05) is 13.2 Å². The number of aliphatic imine (C=N–C) groups is 1. The van der Waals surface area contributed by atoms with Crippen LogP contribution in [0.5, 0.6) is 0 Å². The Bertz CT molecular complexity index is 413. The van der Waals surface area contributed by atoms with Crippen molar-refractivity contribution in [2.24, 2.45) is 4.99 Å². The molecule has 2 atom stereocenters. The molecule has 0 aliphatic carbocycles. The Balaban J connectivity index is 1.92. The van der Waals surface area contributed by atoms with Gasteiger partial charge in [-0.05, 0) is 32.3 Å². The number of guanidine groups is 1. The van der Waals surface area contributed by atoms with Crippen LogP contribution in [0.25, 0.3) is 0 Å². The van der Waals surface area contributed by atoms with Crippen LogP contribution in [0, 0.1) is 0 Å². The molecule has 2 N–H and O–H groups in total. The zero-order chi connectivity index (χ0) is 14.2. The minimum Gasteiger partial charge on any atom is -0.376 e. The van der Waals surface area contributed by atoms with E-state index in [0.29, 0.717) is 0 Å². The highest BCUT2D eigenvalue weighted by Gasteiger charge is 2.15. The van der Waals surface area contributed by atoms with E-state index in [2.05, 4.69) is 53.7 Å². The molecule has 1 saturated heterocycles. The predicted octanol–water partition coefficient (Wildman–Crippen LogP) is 2.48. The lowest BCUT2D eigenvalue weighted by Gasteiger charge is -2.18. The monoisotopic (exact) mass is 275 g/mol. The molecule has 0 bridgehead atoms. The summed E-state index contributed by atoms with van der Waals surface area (Å²) in [6, 6.07) is 10.6. The molecule has 110 valence electrons. The van der Waals surface area contributed by atoms with Crippen LogP contribution < -0.4 is 10.6 Å². The van der Waals surface area contributed by atoms with Crippen LogP contribution in [0.1, 0.15) is 38.3 Å². The van der Waals surface area contributed by atoms with E-state index in [-0.39, 0.29) is 12.1 Å². The third kappa shape index (κ3) is 4.53. The summed E-state index contributed by atoms with van der Waals surface area (Å²) in [6.45, 7) is 6.70. The fourth-order valence-corrected chi connectivity index (χ4v) is 2.33. The second-order valence-corrected chi connectivity index (χ2v) is 5.13. The minimum atomic E-state index is 0.235. The van der Waals surface area contributed by atoms with Gasteiger partial charge in [-0.2, -0.15) is 0 Å². The second-order valence-electron chi connectivity index (χ2n) is 5.13. The van der Waals surface area contributed by atoms with Crippen molar-refractivity contribution >= 4 is 5.96 Å². The first-order valence-corrected chi connectivity index (χ1v) is 7.51. The maximum absolute atomic E-state index is 5.61. The van der Waals surface area contributed by atoms with Gasteiger partial charge in [-0.25, -0.2) is 0 Å². The van der Waals surface area contributed by atoms with E-state index in [1.165, 1.54) is 5.56 Å². The number of hydrogen-bond donors (Lipinski definition) is 2. The van der Waals surface area contributed by atoms with Gasteiger partial charge in [0.05, 0.1) is 18.7 Å². The van der Waals surface area contributed by atoms with Crippen molar-refractivity contribution in [3.8, 4) is 0 Å². The Kier molecular flexibility index (Phi) is 5.87. The molecule has 0 amide bonds. The standard InChI is InChI=1S/C16H25N3O/c1-3-17-16(18-12-15-10-7-11-20-15)19-13(2)14-8-5-4-6-9-14/h4-6,8-9,13,15H,3,7,10-12H2,1-2H3,(H2,17,18,19). The van der Waals surface area contributed by atoms with Crippen molar-refractivity contribution in [1.29, 1.82) is 0 Å². The zero-order valence-corrected chi connectivity index (χ0v) is 12.4. The van der Waals surface area contributed by atoms with E-state index in [1.54, 1.807) is 0 Å². The maximum atomic E-state index is 5.61. The van der Waals surface area contributed by atoms with Crippen LogP contribution in [-0.2, 0) is 4.74 Å². The van der Waals surface area contributed by atoms with E-state index in [9.17, 15) is 0 Å². The van der Waals surface area contributed by atoms with Gasteiger partial charge in [0.15, 0.2) is 5.96 Å². The molecule has 4 nitrogen and oxygen atoms in total. The lowest BCUT2D eigenvalue weighted by molar-refractivity contribution is 0.117. The van der Waals surface area contributed by atoms with Crippen LogP contribution in [0.4, 0.5) is 0 Å². The number of rotatable bonds is 5. The molecule has 1 aliphatic heterocycles. The zero-order valence-electron chi connectivity index (χ0n) is 12.4. The molecular formula is C16H25N3O. The number of ether oxygens (including phenoxy) is 1. The topological polar surface area (TPSA) is 45.7 Å². The smallest absolute Gasteiger partial charge is 0.191 e. The molecule has 1 heterocycles. The Morgan fingerprint density at radius 3 is 2.85 bits per heavy atom. The summed E-state index contributed by atoms with van der Waals surface area (Å²) in [7, 11) is 0. The van der Waals surface area contributed by atoms with Gasteiger partial charge in [0.1, 0.15) is 0 Å². The van der Waals surface area contributed by atoms with Gasteiger partial charge in [-0.1, -0.05) is 30.3 Å². The van der Waals surface area contributed by atoms with Crippen LogP contribution in [0.3, 0.4) is 0 Å². The van der Waals surface area contributed by atoms with Crippen molar-refractivity contribution < 1.29 is 4.74 Å². The van der Waals surface area contributed by atoms with Crippen molar-refractivity contribution in [3.05, 3.63) is 35.9 Å². The normalized spacial score (nSPS) is 20.7. The van der Waals surface area contributed by atoms with Crippen LogP contribution in [0.15, 0.2) is 35.3 Å². The Hall–Kier alpha value is -1.55. The van der Waals surface area contributed by atoms with Crippen molar-refractivity contribution in [2.45, 2.75) is 38.8 Å². The molecule has 1 fully saturated rings. The number of hydrogen-bond acceptors (Lipinski definition) is 2. The van der Waals surface area contributed by atoms with Gasteiger partial charge in [0.25, 0.3) is 0 Å². The van der Waals surface area contributed by atoms with Gasteiger partial charge < -0.3 is 15.4 Å². The average Bonchev–Trinajstić information content (AvgIpc) is 2.99. The van der Waals surface area contributed by atoms with Crippen LogP contribution in [-0.4, -0.2) is 31.8 Å². The van der Waals surface area contributed by atoms with E-state index in [1.807, 2.05) is 6.07 Å². The summed E-state index contributed by atoms with van der Waals surface area (Å²) in [5.41, 5.74) is 1.26. The van der Waals surface area contributed by atoms with E-state index in [0.717, 1.165) is 38.5 Å². The molecule has 0 spiro atoms. The van der Waals surface area contributed by atoms with Crippen molar-refractivity contribution in [3.63, 3.8) is 0 Å². The number of nitrogens with one attached hydrogen (secondary N) is 2. The van der Waals surface area contributed by atoms with Crippen molar-refractivity contribution in [1.82, 2.24) is 10.6 Å². The fraction of sp³-hybridized carbons (Fsp3) is 0.562. The molecule has 1 aromatic rings. The number of nitrogens with zero attached hydrogens (tertiary/aromatic N) is 1. The lowest BCUT2D eigenvalue weighted by atomic mass is 10.1. The fourth-order valence-electron chi connectivity index (χ4n) is 2.33. The van der Waals surface area contributed by atoms with Crippen molar-refractivity contribution in [2.75, 3.05) is 19.7 Å². The maximum Gasteiger partial charge on any atom is 0.191 e. The highest BCUT2D eigenvalue weighted by atomic mass is 16.5. The molecule has 0 saturated carbocycles. The lowest BCUT2D eigenvalue weighted by Crippen LogP contribution is -2.39. The molecule has 1 aromatic carbocycles. The quantitative estimate of drug-likeness (QED) is 0.641. The van der Waals surface area contributed by atoms with Gasteiger partial charge >= 0.3 is 0 Å². The van der Waals surface area contributed by atoms with E-state index < -0.39 is 0 Å². The molecule has 1 aliphatic rings. The molecule has 4 heteroatoms. The summed E-state index contributed by atoms with van der Waals surface area (Å²) in [5, 5.41) is 6.73. The van der Waals surface area contributed by atoms with Crippen LogP contribution >= 0.6 is 0 Å². The molecular weight excluding hydrogens is 250 g/mol. The van der Waals surface area contributed by atoms with E-state index in [4.69, 9.17) is 4.74 Å². The predicted molar refractivity (Wildman–Crippen MR) is 82.9 cm³/mol. The van der Waals surface area contributed by atoms with Gasteiger partial charge in [-0.15, -0.1) is 0 Å². The van der Waals surface area contributed by atoms with E-state index >= 15 is 0 Å². The largest absolute Gasteiger partial charge is 0.376 e. The molecule has 0 aromatic heterocycles. The first-order chi connectivity index (χ1) is 9.79. The highest BCUT2D eigenvalue weighted by molar-refractivity contribution is 5.80. The minimum absolute atomic E-state index is 0.235. The Morgan fingerprint density at radius 1 is 1.40 bits per heavy atom. The highest BCUT2D eigenvalue weighted by Crippen LogP contribution is 2.13. The van der Waals surface area contributed by atoms with Gasteiger partial charge in [-0.3, -0.25) is 4.99 Å². The Morgan fingerprint density at radius 2 is 2.20 bits per heavy atom. The summed E-state index contributed by atoms with van der Waals surface area (Å²) in [4.78, 5) is 4.63. The molecule has 0 radical (unpaired) electrons. The molecule has 2 unspecified atom stereocenters. The average molecular weight is 275 g/mol. The first kappa shape index (κ1) is 14.9.